The summed E-state index contributed by atoms with van der Waals surface area (Å²) in [4.78, 5) is 30.7. The summed E-state index contributed by atoms with van der Waals surface area (Å²) in [6, 6.07) is 5.76. The summed E-state index contributed by atoms with van der Waals surface area (Å²) in [5.41, 5.74) is 0. The Morgan fingerprint density at radius 1 is 0.932 bits per heavy atom. The Hall–Kier alpha value is -0.940. The van der Waals surface area contributed by atoms with E-state index >= 15 is 0 Å². The van der Waals surface area contributed by atoms with Crippen LogP contribution in [0.5, 0.6) is 0 Å². The summed E-state index contributed by atoms with van der Waals surface area (Å²) in [5, 5.41) is 62.5. The van der Waals surface area contributed by atoms with Gasteiger partial charge in [-0.2, -0.15) is 0 Å². The molecule has 3 fully saturated rings. The van der Waals surface area contributed by atoms with Gasteiger partial charge in [-0.1, -0.05) is 54.7 Å². The fraction of sp³-hybridized carbons (Fsp3) is 0.778. The minimum absolute atomic E-state index is 0.0318. The second kappa shape index (κ2) is 26.0. The number of carbonyl (C=O) groups is 2. The van der Waals surface area contributed by atoms with E-state index in [-0.39, 0.29) is 39.3 Å². The van der Waals surface area contributed by atoms with Crippen LogP contribution in [0.25, 0.3) is 0 Å². The van der Waals surface area contributed by atoms with Crippen LogP contribution in [-0.2, 0) is 52.2 Å². The normalized spacial score (nSPS) is 31.1. The van der Waals surface area contributed by atoms with Crippen LogP contribution in [0.4, 0.5) is 0 Å². The number of aromatic nitrogens is 1. The highest BCUT2D eigenvalue weighted by Crippen LogP contribution is 2.38. The molecule has 0 amide bonds. The average Bonchev–Trinajstić information content (AvgIpc) is 3.22. The van der Waals surface area contributed by atoms with Crippen LogP contribution in [0.2, 0.25) is 0 Å². The number of rotatable bonds is 23. The summed E-state index contributed by atoms with van der Waals surface area (Å²) in [6.07, 6.45) is -13.9. The molecule has 3 unspecified atom stereocenters. The molecule has 59 heavy (non-hydrogen) atoms. The van der Waals surface area contributed by atoms with Gasteiger partial charge >= 0.3 is 11.9 Å². The largest absolute Gasteiger partial charge is 0.464 e. The van der Waals surface area contributed by atoms with E-state index in [9.17, 15) is 40.2 Å². The van der Waals surface area contributed by atoms with Crippen LogP contribution in [0, 0.1) is 5.92 Å². The van der Waals surface area contributed by atoms with Gasteiger partial charge in [-0.05, 0) is 42.0 Å². The molecule has 0 spiro atoms. The molecule has 1 aromatic heterocycles. The summed E-state index contributed by atoms with van der Waals surface area (Å²) in [6.45, 7) is 5.80. The lowest BCUT2D eigenvalue weighted by Gasteiger charge is -2.48. The molecule has 0 radical (unpaired) electrons. The first kappa shape index (κ1) is 50.7. The van der Waals surface area contributed by atoms with E-state index in [1.54, 1.807) is 41.6 Å². The van der Waals surface area contributed by atoms with Gasteiger partial charge in [-0.25, -0.2) is 4.98 Å². The number of hydrogen-bond acceptors (Lipinski definition) is 23. The monoisotopic (exact) mass is 933 g/mol. The molecule has 0 aliphatic carbocycles. The van der Waals surface area contributed by atoms with Gasteiger partial charge in [-0.3, -0.25) is 9.59 Å². The van der Waals surface area contributed by atoms with Gasteiger partial charge in [0.15, 0.2) is 18.9 Å². The van der Waals surface area contributed by atoms with Gasteiger partial charge in [0.25, 0.3) is 0 Å². The van der Waals surface area contributed by atoms with Crippen molar-refractivity contribution in [3.63, 3.8) is 0 Å². The topological polar surface area (TPSA) is 251 Å². The van der Waals surface area contributed by atoms with Crippen molar-refractivity contribution in [1.82, 2.24) is 4.98 Å². The van der Waals surface area contributed by atoms with E-state index in [0.717, 1.165) is 22.5 Å². The van der Waals surface area contributed by atoms with Crippen molar-refractivity contribution in [2.45, 2.75) is 111 Å². The number of aliphatic hydroxyl groups excluding tert-OH is 6. The third-order valence-electron chi connectivity index (χ3n) is 9.14. The number of hydrogen-bond donors (Lipinski definition) is 6. The molecule has 0 bridgehead atoms. The first-order chi connectivity index (χ1) is 28.3. The highest BCUT2D eigenvalue weighted by atomic mass is 33.1. The molecule has 4 rings (SSSR count). The van der Waals surface area contributed by atoms with Gasteiger partial charge in [0.05, 0.1) is 52.2 Å². The quantitative estimate of drug-likeness (QED) is 0.0386. The fourth-order valence-electron chi connectivity index (χ4n) is 6.02. The molecule has 1 aromatic rings. The molecule has 3 aliphatic rings. The molecule has 23 heteroatoms. The Bertz CT molecular complexity index is 1420. The maximum absolute atomic E-state index is 13.6. The Morgan fingerprint density at radius 3 is 2.36 bits per heavy atom. The lowest BCUT2D eigenvalue weighted by Crippen LogP contribution is -2.65. The first-order valence-electron chi connectivity index (χ1n) is 19.1. The van der Waals surface area contributed by atoms with Crippen molar-refractivity contribution in [1.29, 1.82) is 0 Å². The highest BCUT2D eigenvalue weighted by molar-refractivity contribution is 8.76. The molecular weight excluding hydrogens is 879 g/mol. The van der Waals surface area contributed by atoms with Crippen molar-refractivity contribution < 1.29 is 82.9 Å². The number of thioether (sulfide) groups is 2. The fourth-order valence-corrected chi connectivity index (χ4v) is 10.9. The highest BCUT2D eigenvalue weighted by Gasteiger charge is 2.52. The molecule has 18 nitrogen and oxygen atoms in total. The van der Waals surface area contributed by atoms with Crippen LogP contribution in [0.1, 0.15) is 33.6 Å². The number of aliphatic hydroxyl groups is 6. The Balaban J connectivity index is 1.16. The summed E-state index contributed by atoms with van der Waals surface area (Å²) in [5.74, 6) is -0.325. The Labute approximate surface area is 364 Å². The van der Waals surface area contributed by atoms with Crippen molar-refractivity contribution in [2.75, 3.05) is 64.4 Å². The van der Waals surface area contributed by atoms with Crippen LogP contribution >= 0.6 is 57.3 Å². The number of fused-ring (bicyclic) bond motifs is 1. The molecule has 0 saturated carbocycles. The summed E-state index contributed by atoms with van der Waals surface area (Å²) >= 11 is 8.02. The Morgan fingerprint density at radius 2 is 1.64 bits per heavy atom. The van der Waals surface area contributed by atoms with Crippen LogP contribution in [0.15, 0.2) is 29.4 Å². The molecule has 6 N–H and O–H groups in total. The predicted octanol–water partition coefficient (Wildman–Crippen LogP) is 0.892. The SMILES string of the molecule is CCSC(=S)SC(C)(CC(C)C(=O)OCCOCCOCCSSc1ccccn1)C(=O)OCCC1OC[C@H]2O[C@H](O[C@H]3O[C@H](CO)[C@@H](O)[C@H](O)[C@H]3O)[C@H](O)[C@@H](O)[C@@H]2O1. The minimum atomic E-state index is -1.76. The lowest BCUT2D eigenvalue weighted by molar-refractivity contribution is -0.398. The lowest BCUT2D eigenvalue weighted by atomic mass is 9.96. The number of pyridine rings is 1. The molecule has 13 atom stereocenters. The Kier molecular flexibility index (Phi) is 22.3. The van der Waals surface area contributed by atoms with Gasteiger partial charge in [0.2, 0.25) is 0 Å². The number of thiocarbonyl (C=S) groups is 1. The van der Waals surface area contributed by atoms with Crippen LogP contribution < -0.4 is 0 Å². The zero-order valence-corrected chi connectivity index (χ0v) is 37.0. The molecule has 3 saturated heterocycles. The van der Waals surface area contributed by atoms with E-state index in [1.807, 2.05) is 25.1 Å². The van der Waals surface area contributed by atoms with Crippen molar-refractivity contribution in [2.24, 2.45) is 5.92 Å². The predicted molar refractivity (Wildman–Crippen MR) is 221 cm³/mol. The van der Waals surface area contributed by atoms with Gasteiger partial charge in [-0.15, -0.1) is 11.8 Å². The van der Waals surface area contributed by atoms with E-state index in [1.165, 1.54) is 11.8 Å². The summed E-state index contributed by atoms with van der Waals surface area (Å²) < 4.78 is 49.6. The molecule has 336 valence electrons. The average molecular weight is 934 g/mol. The van der Waals surface area contributed by atoms with E-state index < -0.39 is 96.9 Å². The standard InChI is InChI=1S/C36H55NO17S5/c1-4-56-35(55)58-36(3,17-20(2)31(44)48-14-13-46-11-12-47-15-16-57-59-23-7-5-6-9-37-23)34(45)49-10-8-24-50-19-22-30(53-24)27(41)29(43)33(52-22)54-32-28(42)26(40)25(39)21(18-38)51-32/h5-7,9,20-22,24-30,32-33,38-43H,4,8,10-19H2,1-3H3/t20?,21-,22-,24?,25-,26+,27-,28-,29-,30-,32-,33-,36?/m1/s1. The van der Waals surface area contributed by atoms with Crippen molar-refractivity contribution >= 4 is 72.8 Å². The second-order valence-corrected chi connectivity index (χ2v) is 20.1. The van der Waals surface area contributed by atoms with Gasteiger partial charge in [0, 0.05) is 18.4 Å². The van der Waals surface area contributed by atoms with Crippen molar-refractivity contribution in [3.8, 4) is 0 Å². The van der Waals surface area contributed by atoms with Crippen molar-refractivity contribution in [3.05, 3.63) is 24.4 Å². The molecule has 0 aromatic carbocycles. The van der Waals surface area contributed by atoms with E-state index in [4.69, 9.17) is 54.8 Å². The third kappa shape index (κ3) is 15.7. The molecule has 3 aliphatic heterocycles. The maximum atomic E-state index is 13.6. The zero-order valence-electron chi connectivity index (χ0n) is 32.9. The number of ether oxygens (including phenoxy) is 9. The number of carbonyl (C=O) groups excluding carboxylic acids is 2. The van der Waals surface area contributed by atoms with Crippen LogP contribution in [0.3, 0.4) is 0 Å². The summed E-state index contributed by atoms with van der Waals surface area (Å²) in [7, 11) is 3.24. The van der Waals surface area contributed by atoms with E-state index in [2.05, 4.69) is 4.98 Å². The third-order valence-corrected chi connectivity index (χ3v) is 14.0. The maximum Gasteiger partial charge on any atom is 0.322 e. The van der Waals surface area contributed by atoms with Gasteiger partial charge < -0.3 is 73.3 Å². The second-order valence-electron chi connectivity index (χ2n) is 13.7. The van der Waals surface area contributed by atoms with Gasteiger partial charge in [0.1, 0.15) is 68.7 Å². The van der Waals surface area contributed by atoms with Crippen LogP contribution in [-0.4, -0.2) is 188 Å². The number of nitrogens with zero attached hydrogens (tertiary/aromatic N) is 1. The molecular formula is C36H55NO17S5. The minimum Gasteiger partial charge on any atom is -0.464 e. The zero-order chi connectivity index (χ0) is 43.0. The van der Waals surface area contributed by atoms with E-state index in [0.29, 0.717) is 29.1 Å². The first-order valence-corrected chi connectivity index (χ1v) is 23.6. The number of esters is 2. The molecule has 4 heterocycles. The smallest absolute Gasteiger partial charge is 0.322 e.